The number of piperidine rings is 1. The molecule has 4 atom stereocenters. The van der Waals surface area contributed by atoms with Crippen molar-refractivity contribution >= 4 is 11.8 Å². The third-order valence-corrected chi connectivity index (χ3v) is 6.80. The van der Waals surface area contributed by atoms with Gasteiger partial charge in [0.05, 0.1) is 12.8 Å². The van der Waals surface area contributed by atoms with Crippen LogP contribution < -0.4 is 16.2 Å². The van der Waals surface area contributed by atoms with Crippen LogP contribution in [0.3, 0.4) is 0 Å². The number of carbonyl (C=O) groups excluding carboxylic acids is 2. The Morgan fingerprint density at radius 1 is 1.16 bits per heavy atom. The van der Waals surface area contributed by atoms with Gasteiger partial charge in [0.2, 0.25) is 11.8 Å². The first-order valence-electron chi connectivity index (χ1n) is 11.1. The van der Waals surface area contributed by atoms with E-state index in [-0.39, 0.29) is 29.2 Å². The maximum Gasteiger partial charge on any atom is 0.251 e. The molecule has 3 aliphatic heterocycles. The second-order valence-corrected chi connectivity index (χ2v) is 8.92. The predicted octanol–water partition coefficient (Wildman–Crippen LogP) is 1.39. The standard InChI is InChI=1S/C23H28N4O4/c28-20-8-3-7-19-15-11-16(13-26(12-15)14-17-5-4-10-31-17)21(27(19)20)23(30)25-18-6-1-2-9-24-22(18)29/h3-5,7-8,10,15-16,18,21H,1-2,6,9,11-14H2,(H,24,29)(H,25,30)/t15-,16+,18-,21+/m0/s1. The van der Waals surface area contributed by atoms with E-state index >= 15 is 0 Å². The number of amides is 2. The van der Waals surface area contributed by atoms with E-state index in [2.05, 4.69) is 15.5 Å². The van der Waals surface area contributed by atoms with Crippen molar-refractivity contribution in [3.63, 3.8) is 0 Å². The lowest BCUT2D eigenvalue weighted by atomic mass is 9.78. The topological polar surface area (TPSA) is 96.6 Å². The number of likely N-dealkylation sites (tertiary alicyclic amines) is 1. The number of hydrogen-bond acceptors (Lipinski definition) is 5. The maximum absolute atomic E-state index is 13.5. The summed E-state index contributed by atoms with van der Waals surface area (Å²) in [4.78, 5) is 41.0. The van der Waals surface area contributed by atoms with Gasteiger partial charge in [-0.1, -0.05) is 6.07 Å². The van der Waals surface area contributed by atoms with Crippen LogP contribution in [0.1, 0.15) is 49.1 Å². The number of nitrogens with zero attached hydrogens (tertiary/aromatic N) is 2. The molecule has 0 saturated carbocycles. The lowest BCUT2D eigenvalue weighted by Crippen LogP contribution is -2.55. The number of furan rings is 1. The average molecular weight is 425 g/mol. The summed E-state index contributed by atoms with van der Waals surface area (Å²) in [7, 11) is 0. The quantitative estimate of drug-likeness (QED) is 0.773. The van der Waals surface area contributed by atoms with Gasteiger partial charge < -0.3 is 15.1 Å². The Morgan fingerprint density at radius 3 is 2.90 bits per heavy atom. The molecule has 164 valence electrons. The third-order valence-electron chi connectivity index (χ3n) is 6.80. The van der Waals surface area contributed by atoms with Crippen LogP contribution in [-0.2, 0) is 16.1 Å². The molecule has 5 rings (SSSR count). The number of rotatable bonds is 4. The van der Waals surface area contributed by atoms with Crippen molar-refractivity contribution in [2.75, 3.05) is 19.6 Å². The van der Waals surface area contributed by atoms with Gasteiger partial charge in [-0.05, 0) is 43.9 Å². The van der Waals surface area contributed by atoms with Crippen molar-refractivity contribution in [2.45, 2.75) is 50.2 Å². The SMILES string of the molecule is O=C1NCCCC[C@@H]1NC(=O)[C@H]1[C@@H]2C[C@@H](CN(Cc3ccco3)C2)c2cccc(=O)n21. The summed E-state index contributed by atoms with van der Waals surface area (Å²) < 4.78 is 7.20. The largest absolute Gasteiger partial charge is 0.468 e. The molecule has 0 aliphatic carbocycles. The summed E-state index contributed by atoms with van der Waals surface area (Å²) in [5.74, 6) is 0.702. The number of nitrogens with one attached hydrogen (secondary N) is 2. The van der Waals surface area contributed by atoms with Crippen molar-refractivity contribution in [3.05, 3.63) is 58.4 Å². The van der Waals surface area contributed by atoms with E-state index in [0.29, 0.717) is 26.1 Å². The van der Waals surface area contributed by atoms with E-state index in [9.17, 15) is 14.4 Å². The van der Waals surface area contributed by atoms with Gasteiger partial charge in [-0.15, -0.1) is 0 Å². The minimum atomic E-state index is -0.615. The fourth-order valence-electron chi connectivity index (χ4n) is 5.45. The van der Waals surface area contributed by atoms with E-state index in [1.165, 1.54) is 6.07 Å². The van der Waals surface area contributed by atoms with Crippen LogP contribution >= 0.6 is 0 Å². The highest BCUT2D eigenvalue weighted by Gasteiger charge is 2.44. The van der Waals surface area contributed by atoms with Crippen molar-refractivity contribution in [2.24, 2.45) is 5.92 Å². The molecule has 2 fully saturated rings. The summed E-state index contributed by atoms with van der Waals surface area (Å²) in [5, 5.41) is 5.83. The van der Waals surface area contributed by atoms with Gasteiger partial charge in [0.1, 0.15) is 17.8 Å². The van der Waals surface area contributed by atoms with Gasteiger partial charge in [0.15, 0.2) is 0 Å². The lowest BCUT2D eigenvalue weighted by Gasteiger charge is -2.46. The van der Waals surface area contributed by atoms with Crippen LogP contribution in [0.5, 0.6) is 0 Å². The van der Waals surface area contributed by atoms with Crippen LogP contribution in [0.15, 0.2) is 45.8 Å². The number of pyridine rings is 1. The zero-order valence-corrected chi connectivity index (χ0v) is 17.5. The third kappa shape index (κ3) is 3.92. The normalized spacial score (nSPS) is 28.3. The molecule has 5 heterocycles. The number of aromatic nitrogens is 1. The Balaban J connectivity index is 1.44. The first kappa shape index (κ1) is 20.1. The van der Waals surface area contributed by atoms with Crippen molar-refractivity contribution in [1.29, 1.82) is 0 Å². The van der Waals surface area contributed by atoms with Gasteiger partial charge >= 0.3 is 0 Å². The summed E-state index contributed by atoms with van der Waals surface area (Å²) in [6.07, 6.45) is 4.94. The predicted molar refractivity (Wildman–Crippen MR) is 113 cm³/mol. The van der Waals surface area contributed by atoms with Crippen molar-refractivity contribution < 1.29 is 14.0 Å². The van der Waals surface area contributed by atoms with Crippen LogP contribution in [0.2, 0.25) is 0 Å². The maximum atomic E-state index is 13.5. The molecule has 0 spiro atoms. The zero-order valence-electron chi connectivity index (χ0n) is 17.5. The summed E-state index contributed by atoms with van der Waals surface area (Å²) in [5.41, 5.74) is 0.746. The van der Waals surface area contributed by atoms with Crippen molar-refractivity contribution in [1.82, 2.24) is 20.1 Å². The fourth-order valence-corrected chi connectivity index (χ4v) is 5.45. The molecule has 2 aromatic heterocycles. The number of fused-ring (bicyclic) bond motifs is 4. The number of carbonyl (C=O) groups is 2. The Hall–Kier alpha value is -2.87. The smallest absolute Gasteiger partial charge is 0.251 e. The van der Waals surface area contributed by atoms with Gasteiger partial charge in [-0.3, -0.25) is 23.9 Å². The van der Waals surface area contributed by atoms with Crippen molar-refractivity contribution in [3.8, 4) is 0 Å². The molecule has 2 bridgehead atoms. The molecule has 2 saturated heterocycles. The van der Waals surface area contributed by atoms with Gasteiger partial charge in [-0.2, -0.15) is 0 Å². The second kappa shape index (κ2) is 8.34. The molecule has 0 aromatic carbocycles. The Bertz CT molecular complexity index is 1010. The first-order chi connectivity index (χ1) is 15.1. The van der Waals surface area contributed by atoms with E-state index in [1.807, 2.05) is 18.2 Å². The Kier molecular flexibility index (Phi) is 5.40. The highest BCUT2D eigenvalue weighted by Crippen LogP contribution is 2.41. The first-order valence-corrected chi connectivity index (χ1v) is 11.1. The zero-order chi connectivity index (χ0) is 21.4. The van der Waals surface area contributed by atoms with Gasteiger partial charge in [-0.25, -0.2) is 0 Å². The molecule has 31 heavy (non-hydrogen) atoms. The monoisotopic (exact) mass is 424 g/mol. The molecule has 0 unspecified atom stereocenters. The average Bonchev–Trinajstić information content (AvgIpc) is 3.18. The van der Waals surface area contributed by atoms with Gasteiger partial charge in [0, 0.05) is 43.2 Å². The molecule has 8 heteroatoms. The van der Waals surface area contributed by atoms with E-state index in [0.717, 1.165) is 37.3 Å². The van der Waals surface area contributed by atoms with E-state index in [1.54, 1.807) is 16.9 Å². The van der Waals surface area contributed by atoms with E-state index in [4.69, 9.17) is 4.42 Å². The minimum absolute atomic E-state index is 0.00449. The minimum Gasteiger partial charge on any atom is -0.468 e. The molecule has 3 aliphatic rings. The molecule has 2 aromatic rings. The molecular formula is C23H28N4O4. The summed E-state index contributed by atoms with van der Waals surface area (Å²) in [6.45, 7) is 2.84. The van der Waals surface area contributed by atoms with E-state index < -0.39 is 12.1 Å². The van der Waals surface area contributed by atoms with Crippen LogP contribution in [0, 0.1) is 5.92 Å². The van der Waals surface area contributed by atoms with Crippen LogP contribution in [0.25, 0.3) is 0 Å². The highest BCUT2D eigenvalue weighted by molar-refractivity contribution is 5.89. The number of hydrogen-bond donors (Lipinski definition) is 2. The van der Waals surface area contributed by atoms with Crippen LogP contribution in [0.4, 0.5) is 0 Å². The molecule has 0 radical (unpaired) electrons. The molecule has 8 nitrogen and oxygen atoms in total. The lowest BCUT2D eigenvalue weighted by molar-refractivity contribution is -0.132. The highest BCUT2D eigenvalue weighted by atomic mass is 16.3. The fraction of sp³-hybridized carbons (Fsp3) is 0.522. The Morgan fingerprint density at radius 2 is 2.06 bits per heavy atom. The Labute approximate surface area is 180 Å². The molecule has 2 amide bonds. The summed E-state index contributed by atoms with van der Waals surface area (Å²) >= 11 is 0. The van der Waals surface area contributed by atoms with Gasteiger partial charge in [0.25, 0.3) is 5.56 Å². The second-order valence-electron chi connectivity index (χ2n) is 8.92. The van der Waals surface area contributed by atoms with Crippen LogP contribution in [-0.4, -0.2) is 47.0 Å². The summed E-state index contributed by atoms with van der Waals surface area (Å²) in [6, 6.07) is 7.92. The molecular weight excluding hydrogens is 396 g/mol. The molecule has 2 N–H and O–H groups in total.